The number of carbonyl (C=O) groups is 1. The molecule has 0 aliphatic carbocycles. The van der Waals surface area contributed by atoms with Gasteiger partial charge in [0.15, 0.2) is 5.96 Å². The van der Waals surface area contributed by atoms with E-state index in [9.17, 15) is 4.79 Å². The Labute approximate surface area is 176 Å². The monoisotopic (exact) mass is 492 g/mol. The Balaban J connectivity index is 0.00000243. The van der Waals surface area contributed by atoms with Crippen LogP contribution in [-0.4, -0.2) is 49.8 Å². The van der Waals surface area contributed by atoms with E-state index in [1.807, 2.05) is 6.92 Å². The molecule has 3 N–H and O–H groups in total. The van der Waals surface area contributed by atoms with Gasteiger partial charge in [0, 0.05) is 13.1 Å². The van der Waals surface area contributed by atoms with Crippen LogP contribution in [0.3, 0.4) is 0 Å². The zero-order chi connectivity index (χ0) is 17.6. The van der Waals surface area contributed by atoms with Crippen molar-refractivity contribution in [3.05, 3.63) is 34.9 Å². The Bertz CT molecular complexity index is 643. The molecule has 3 unspecified atom stereocenters. The Morgan fingerprint density at radius 2 is 2.12 bits per heavy atom. The first kappa shape index (κ1) is 21.2. The predicted octanol–water partition coefficient (Wildman–Crippen LogP) is 2.56. The number of nitrogens with one attached hydrogen (secondary N) is 3. The highest BCUT2D eigenvalue weighted by atomic mass is 127. The standard InChI is InChI=1S/C18H25ClN4O2.HI/c1-2-20-18(23-15-11-12-7-8-16(15)25-12)22-10-9-21-17(24)13-5-3-4-6-14(13)19;/h3-6,12,15-16H,2,7-11H2,1H3,(H,21,24)(H2,20,22,23);1H. The summed E-state index contributed by atoms with van der Waals surface area (Å²) in [6, 6.07) is 7.34. The van der Waals surface area contributed by atoms with E-state index < -0.39 is 0 Å². The number of rotatable bonds is 6. The van der Waals surface area contributed by atoms with Gasteiger partial charge in [0.05, 0.1) is 35.4 Å². The summed E-state index contributed by atoms with van der Waals surface area (Å²) in [5.41, 5.74) is 0.484. The molecule has 0 spiro atoms. The topological polar surface area (TPSA) is 74.8 Å². The molecule has 1 amide bonds. The highest BCUT2D eigenvalue weighted by Gasteiger charge is 2.41. The Morgan fingerprint density at radius 3 is 2.77 bits per heavy atom. The normalized spacial score (nSPS) is 24.1. The van der Waals surface area contributed by atoms with Crippen LogP contribution in [0.2, 0.25) is 5.02 Å². The first-order chi connectivity index (χ1) is 12.2. The van der Waals surface area contributed by atoms with Crippen LogP contribution in [0.4, 0.5) is 0 Å². The van der Waals surface area contributed by atoms with Gasteiger partial charge in [-0.15, -0.1) is 24.0 Å². The number of guanidine groups is 1. The summed E-state index contributed by atoms with van der Waals surface area (Å²) in [7, 11) is 0. The number of nitrogens with zero attached hydrogens (tertiary/aromatic N) is 1. The van der Waals surface area contributed by atoms with E-state index in [1.54, 1.807) is 24.3 Å². The number of fused-ring (bicyclic) bond motifs is 2. The number of carbonyl (C=O) groups excluding carboxylic acids is 1. The van der Waals surface area contributed by atoms with E-state index in [0.29, 0.717) is 41.9 Å². The molecular formula is C18H26ClIN4O2. The molecule has 0 saturated carbocycles. The molecule has 2 heterocycles. The fourth-order valence-electron chi connectivity index (χ4n) is 3.36. The van der Waals surface area contributed by atoms with Gasteiger partial charge < -0.3 is 20.7 Å². The second-order valence-electron chi connectivity index (χ2n) is 6.36. The molecule has 3 atom stereocenters. The molecule has 8 heteroatoms. The van der Waals surface area contributed by atoms with Crippen LogP contribution in [0.5, 0.6) is 0 Å². The van der Waals surface area contributed by atoms with Crippen molar-refractivity contribution in [3.8, 4) is 0 Å². The van der Waals surface area contributed by atoms with Gasteiger partial charge in [0.2, 0.25) is 0 Å². The zero-order valence-corrected chi connectivity index (χ0v) is 17.9. The SMILES string of the molecule is CCNC(=NCCNC(=O)c1ccccc1Cl)NC1CC2CCC1O2.I. The second kappa shape index (κ2) is 10.3. The van der Waals surface area contributed by atoms with E-state index in [0.717, 1.165) is 25.3 Å². The van der Waals surface area contributed by atoms with Crippen LogP contribution in [0.15, 0.2) is 29.3 Å². The van der Waals surface area contributed by atoms with Crippen LogP contribution in [0.1, 0.15) is 36.5 Å². The minimum absolute atomic E-state index is 0. The predicted molar refractivity (Wildman–Crippen MR) is 115 cm³/mol. The number of amides is 1. The number of hydrogen-bond acceptors (Lipinski definition) is 3. The molecule has 6 nitrogen and oxygen atoms in total. The quantitative estimate of drug-likeness (QED) is 0.247. The van der Waals surface area contributed by atoms with Crippen molar-refractivity contribution in [1.29, 1.82) is 0 Å². The maximum Gasteiger partial charge on any atom is 0.252 e. The van der Waals surface area contributed by atoms with Gasteiger partial charge in [-0.25, -0.2) is 0 Å². The molecule has 144 valence electrons. The summed E-state index contributed by atoms with van der Waals surface area (Å²) in [6.07, 6.45) is 4.03. The van der Waals surface area contributed by atoms with E-state index in [-0.39, 0.29) is 29.9 Å². The van der Waals surface area contributed by atoms with Crippen LogP contribution in [0.25, 0.3) is 0 Å². The minimum atomic E-state index is -0.180. The Kier molecular flexibility index (Phi) is 8.43. The van der Waals surface area contributed by atoms with E-state index in [4.69, 9.17) is 16.3 Å². The highest BCUT2D eigenvalue weighted by molar-refractivity contribution is 14.0. The van der Waals surface area contributed by atoms with Crippen molar-refractivity contribution in [2.75, 3.05) is 19.6 Å². The van der Waals surface area contributed by atoms with Crippen LogP contribution in [-0.2, 0) is 4.74 Å². The lowest BCUT2D eigenvalue weighted by Crippen LogP contribution is -2.47. The van der Waals surface area contributed by atoms with Crippen LogP contribution in [0, 0.1) is 0 Å². The third-order valence-corrected chi connectivity index (χ3v) is 4.89. The number of halogens is 2. The number of hydrogen-bond donors (Lipinski definition) is 3. The first-order valence-electron chi connectivity index (χ1n) is 8.90. The third-order valence-electron chi connectivity index (χ3n) is 4.56. The molecule has 2 aliphatic heterocycles. The minimum Gasteiger partial charge on any atom is -0.373 e. The number of benzene rings is 1. The molecule has 2 bridgehead atoms. The largest absolute Gasteiger partial charge is 0.373 e. The summed E-state index contributed by atoms with van der Waals surface area (Å²) < 4.78 is 5.87. The van der Waals surface area contributed by atoms with Crippen molar-refractivity contribution in [2.24, 2.45) is 4.99 Å². The second-order valence-corrected chi connectivity index (χ2v) is 6.76. The average molecular weight is 493 g/mol. The van der Waals surface area contributed by atoms with E-state index in [1.165, 1.54) is 6.42 Å². The van der Waals surface area contributed by atoms with Crippen molar-refractivity contribution >= 4 is 47.4 Å². The van der Waals surface area contributed by atoms with Gasteiger partial charge >= 0.3 is 0 Å². The third kappa shape index (κ3) is 5.47. The maximum atomic E-state index is 12.1. The molecule has 2 aliphatic rings. The molecule has 26 heavy (non-hydrogen) atoms. The van der Waals surface area contributed by atoms with Crippen molar-refractivity contribution in [1.82, 2.24) is 16.0 Å². The van der Waals surface area contributed by atoms with Crippen LogP contribution < -0.4 is 16.0 Å². The fourth-order valence-corrected chi connectivity index (χ4v) is 3.58. The summed E-state index contributed by atoms with van der Waals surface area (Å²) in [6.45, 7) is 3.77. The lowest BCUT2D eigenvalue weighted by Gasteiger charge is -2.22. The molecular weight excluding hydrogens is 467 g/mol. The van der Waals surface area contributed by atoms with Gasteiger partial charge in [-0.3, -0.25) is 9.79 Å². The maximum absolute atomic E-state index is 12.1. The van der Waals surface area contributed by atoms with Gasteiger partial charge in [-0.2, -0.15) is 0 Å². The van der Waals surface area contributed by atoms with Gasteiger partial charge in [-0.05, 0) is 38.3 Å². The van der Waals surface area contributed by atoms with Crippen molar-refractivity contribution < 1.29 is 9.53 Å². The van der Waals surface area contributed by atoms with Crippen LogP contribution >= 0.6 is 35.6 Å². The zero-order valence-electron chi connectivity index (χ0n) is 14.8. The fraction of sp³-hybridized carbons (Fsp3) is 0.556. The summed E-state index contributed by atoms with van der Waals surface area (Å²) in [4.78, 5) is 16.6. The number of aliphatic imine (C=N–C) groups is 1. The Hall–Kier alpha value is -1.06. The molecule has 1 aromatic carbocycles. The Morgan fingerprint density at radius 1 is 1.31 bits per heavy atom. The molecule has 1 aromatic rings. The molecule has 2 fully saturated rings. The molecule has 0 radical (unpaired) electrons. The van der Waals surface area contributed by atoms with Gasteiger partial charge in [0.25, 0.3) is 5.91 Å². The van der Waals surface area contributed by atoms with Crippen molar-refractivity contribution in [2.45, 2.75) is 44.4 Å². The lowest BCUT2D eigenvalue weighted by molar-refractivity contribution is 0.0955. The lowest BCUT2D eigenvalue weighted by atomic mass is 9.96. The van der Waals surface area contributed by atoms with E-state index in [2.05, 4.69) is 20.9 Å². The molecule has 3 rings (SSSR count). The summed E-state index contributed by atoms with van der Waals surface area (Å²) >= 11 is 6.03. The van der Waals surface area contributed by atoms with E-state index >= 15 is 0 Å². The highest BCUT2D eigenvalue weighted by Crippen LogP contribution is 2.34. The van der Waals surface area contributed by atoms with Gasteiger partial charge in [-0.1, -0.05) is 23.7 Å². The summed E-state index contributed by atoms with van der Waals surface area (Å²) in [5.74, 6) is 0.593. The molecule has 0 aromatic heterocycles. The smallest absolute Gasteiger partial charge is 0.252 e. The molecule has 2 saturated heterocycles. The summed E-state index contributed by atoms with van der Waals surface area (Å²) in [5, 5.41) is 10.0. The van der Waals surface area contributed by atoms with Crippen molar-refractivity contribution in [3.63, 3.8) is 0 Å². The van der Waals surface area contributed by atoms with Gasteiger partial charge in [0.1, 0.15) is 0 Å². The average Bonchev–Trinajstić information content (AvgIpc) is 3.22. The first-order valence-corrected chi connectivity index (χ1v) is 9.28. The number of ether oxygens (including phenoxy) is 1.